The average molecular weight is 263 g/mol. The third kappa shape index (κ3) is 5.25. The summed E-state index contributed by atoms with van der Waals surface area (Å²) in [6.45, 7) is 3.41. The summed E-state index contributed by atoms with van der Waals surface area (Å²) < 4.78 is 0. The number of carbonyl (C=O) groups is 1. The molecule has 0 saturated carbocycles. The summed E-state index contributed by atoms with van der Waals surface area (Å²) in [6.07, 6.45) is 2.47. The van der Waals surface area contributed by atoms with Gasteiger partial charge in [-0.1, -0.05) is 18.2 Å². The van der Waals surface area contributed by atoms with Gasteiger partial charge < -0.3 is 28.5 Å². The quantitative estimate of drug-likeness (QED) is 0.511. The van der Waals surface area contributed by atoms with E-state index in [1.54, 1.807) is 0 Å². The minimum Gasteiger partial charge on any atom is -0.393 e. The molecular formula is C10H10N2OY-2. The summed E-state index contributed by atoms with van der Waals surface area (Å²) in [5, 5.41) is 3.62. The van der Waals surface area contributed by atoms with Crippen molar-refractivity contribution in [2.24, 2.45) is 5.10 Å². The van der Waals surface area contributed by atoms with Gasteiger partial charge in [-0.05, 0) is 17.9 Å². The maximum atomic E-state index is 10.7. The van der Waals surface area contributed by atoms with Crippen LogP contribution in [0.1, 0.15) is 6.42 Å². The minimum absolute atomic E-state index is 0. The number of rotatable bonds is 4. The largest absolute Gasteiger partial charge is 0.393 e. The molecule has 0 aromatic heterocycles. The van der Waals surface area contributed by atoms with Gasteiger partial charge in [0.25, 0.3) is 0 Å². The van der Waals surface area contributed by atoms with Crippen molar-refractivity contribution >= 4 is 17.7 Å². The molecule has 71 valence electrons. The monoisotopic (exact) mass is 263 g/mol. The Morgan fingerprint density at radius 1 is 1.43 bits per heavy atom. The first kappa shape index (κ1) is 13.5. The molecule has 0 heterocycles. The van der Waals surface area contributed by atoms with E-state index in [9.17, 15) is 4.79 Å². The van der Waals surface area contributed by atoms with Crippen LogP contribution in [-0.4, -0.2) is 12.0 Å². The summed E-state index contributed by atoms with van der Waals surface area (Å²) >= 11 is 0. The van der Waals surface area contributed by atoms with Crippen LogP contribution >= 0.6 is 0 Å². The second-order valence-electron chi connectivity index (χ2n) is 2.37. The second kappa shape index (κ2) is 7.83. The van der Waals surface area contributed by atoms with E-state index in [1.807, 2.05) is 30.3 Å². The summed E-state index contributed by atoms with van der Waals surface area (Å²) in [4.78, 5) is 10.7. The van der Waals surface area contributed by atoms with E-state index in [4.69, 9.17) is 0 Å². The van der Waals surface area contributed by atoms with Gasteiger partial charge in [0.15, 0.2) is 0 Å². The van der Waals surface area contributed by atoms with Gasteiger partial charge in [0.2, 0.25) is 0 Å². The first-order chi connectivity index (χ1) is 6.33. The van der Waals surface area contributed by atoms with Gasteiger partial charge in [-0.3, -0.25) is 0 Å². The summed E-state index contributed by atoms with van der Waals surface area (Å²) in [5.74, 6) is -0.219. The third-order valence-corrected chi connectivity index (χ3v) is 1.37. The Morgan fingerprint density at radius 2 is 2.07 bits per heavy atom. The molecule has 0 bridgehead atoms. The molecule has 0 fully saturated rings. The van der Waals surface area contributed by atoms with E-state index in [1.165, 1.54) is 0 Å². The van der Waals surface area contributed by atoms with Crippen molar-refractivity contribution in [1.82, 2.24) is 0 Å². The van der Waals surface area contributed by atoms with Crippen LogP contribution in [-0.2, 0) is 37.5 Å². The number of ketones is 1. The summed E-state index contributed by atoms with van der Waals surface area (Å²) in [6, 6.07) is 9.35. The van der Waals surface area contributed by atoms with Gasteiger partial charge in [0.05, 0.1) is 5.69 Å². The van der Waals surface area contributed by atoms with Crippen LogP contribution in [0.5, 0.6) is 0 Å². The maximum absolute atomic E-state index is 10.7. The van der Waals surface area contributed by atoms with Crippen molar-refractivity contribution < 1.29 is 37.5 Å². The molecule has 1 rings (SSSR count). The topological polar surface area (TPSA) is 41.5 Å². The van der Waals surface area contributed by atoms with Crippen LogP contribution in [0.3, 0.4) is 0 Å². The molecular weight excluding hydrogens is 253 g/mol. The van der Waals surface area contributed by atoms with Crippen LogP contribution < -0.4 is 5.43 Å². The Kier molecular flexibility index (Phi) is 7.53. The van der Waals surface area contributed by atoms with E-state index in [0.717, 1.165) is 5.69 Å². The molecule has 1 radical (unpaired) electrons. The second-order valence-corrected chi connectivity index (χ2v) is 2.37. The van der Waals surface area contributed by atoms with E-state index in [-0.39, 0.29) is 44.9 Å². The molecule has 0 aliphatic carbocycles. The Balaban J connectivity index is 0.00000169. The van der Waals surface area contributed by atoms with Gasteiger partial charge in [-0.25, -0.2) is 0 Å². The molecule has 0 aliphatic heterocycles. The first-order valence-electron chi connectivity index (χ1n) is 3.92. The summed E-state index contributed by atoms with van der Waals surface area (Å²) in [7, 11) is 0. The van der Waals surface area contributed by atoms with E-state index >= 15 is 0 Å². The number of Topliss-reactive ketones (excluding diaryl/α,β-unsaturated/α-hetero) is 1. The van der Waals surface area contributed by atoms with E-state index in [0.29, 0.717) is 0 Å². The molecule has 0 atom stereocenters. The fourth-order valence-electron chi connectivity index (χ4n) is 0.723. The van der Waals surface area contributed by atoms with Crippen molar-refractivity contribution in [1.29, 1.82) is 0 Å². The minimum atomic E-state index is -0.219. The maximum Gasteiger partial charge on any atom is 0.0529 e. The zero-order valence-electron chi connectivity index (χ0n) is 7.73. The smallest absolute Gasteiger partial charge is 0.0529 e. The number of nitrogens with zero attached hydrogens (tertiary/aromatic N) is 1. The molecule has 1 N–H and O–H groups in total. The van der Waals surface area contributed by atoms with Crippen LogP contribution in [0.2, 0.25) is 0 Å². The number of benzene rings is 1. The molecule has 0 spiro atoms. The zero-order valence-corrected chi connectivity index (χ0v) is 10.6. The van der Waals surface area contributed by atoms with Crippen molar-refractivity contribution in [2.75, 3.05) is 5.43 Å². The molecule has 0 amide bonds. The van der Waals surface area contributed by atoms with Crippen molar-refractivity contribution in [2.45, 2.75) is 6.42 Å². The molecule has 4 heteroatoms. The zero-order chi connectivity index (χ0) is 9.52. The van der Waals surface area contributed by atoms with Gasteiger partial charge in [0, 0.05) is 32.7 Å². The molecule has 1 aromatic rings. The Morgan fingerprint density at radius 3 is 2.64 bits per heavy atom. The first-order valence-corrected chi connectivity index (χ1v) is 3.92. The van der Waals surface area contributed by atoms with Crippen LogP contribution in [0, 0.1) is 6.92 Å². The number of hydrogen-bond donors (Lipinski definition) is 1. The molecule has 3 nitrogen and oxygen atoms in total. The fraction of sp³-hybridized carbons (Fsp3) is 0.100. The van der Waals surface area contributed by atoms with Gasteiger partial charge in [-0.2, -0.15) is 6.42 Å². The number of anilines is 1. The number of hydrogen-bond acceptors (Lipinski definition) is 3. The predicted molar refractivity (Wildman–Crippen MR) is 52.5 cm³/mol. The third-order valence-electron chi connectivity index (χ3n) is 1.37. The van der Waals surface area contributed by atoms with Gasteiger partial charge >= 0.3 is 0 Å². The number of nitrogens with one attached hydrogen (secondary N) is 1. The molecule has 0 saturated heterocycles. The summed E-state index contributed by atoms with van der Waals surface area (Å²) in [5.41, 5.74) is 3.50. The predicted octanol–water partition coefficient (Wildman–Crippen LogP) is 1.75. The van der Waals surface area contributed by atoms with E-state index < -0.39 is 0 Å². The van der Waals surface area contributed by atoms with Crippen molar-refractivity contribution in [3.05, 3.63) is 37.3 Å². The van der Waals surface area contributed by atoms with Crippen LogP contribution in [0.15, 0.2) is 35.4 Å². The van der Waals surface area contributed by atoms with Crippen molar-refractivity contribution in [3.63, 3.8) is 0 Å². The Labute approximate surface area is 109 Å². The normalized spacial score (nSPS) is 9.50. The average Bonchev–Trinajstić information content (AvgIpc) is 2.19. The van der Waals surface area contributed by atoms with Crippen molar-refractivity contribution in [3.8, 4) is 0 Å². The molecule has 0 unspecified atom stereocenters. The van der Waals surface area contributed by atoms with Gasteiger partial charge in [-0.15, -0.1) is 0 Å². The molecule has 1 aromatic carbocycles. The number of carbonyl (C=O) groups excluding carboxylic acids is 1. The molecule has 14 heavy (non-hydrogen) atoms. The SMILES string of the molecule is [CH2-]CC(=O)[C-]=NNc1ccccc1.[Y]. The standard InChI is InChI=1S/C10H10N2O.Y/c1-2-10(13)8-11-12-9-6-4-3-5-7-9;/h3-7,12H,1-2H2;/q-2;. The number of para-hydroxylation sites is 1. The molecule has 0 aliphatic rings. The van der Waals surface area contributed by atoms with E-state index in [2.05, 4.69) is 23.7 Å². The Bertz CT molecular complexity index is 298. The Hall–Kier alpha value is -0.536. The van der Waals surface area contributed by atoms with Gasteiger partial charge in [0.1, 0.15) is 0 Å². The van der Waals surface area contributed by atoms with Crippen LogP contribution in [0.25, 0.3) is 0 Å². The number of hydrazone groups is 1. The fourth-order valence-corrected chi connectivity index (χ4v) is 0.723. The van der Waals surface area contributed by atoms with Crippen LogP contribution in [0.4, 0.5) is 5.69 Å².